The summed E-state index contributed by atoms with van der Waals surface area (Å²) < 4.78 is 5.34. The molecular formula is C23H31NO3. The van der Waals surface area contributed by atoms with E-state index in [1.54, 1.807) is 7.11 Å². The van der Waals surface area contributed by atoms with Gasteiger partial charge in [-0.3, -0.25) is 4.79 Å². The number of methoxy groups -OCH3 is 1. The zero-order valence-corrected chi connectivity index (χ0v) is 17.4. The van der Waals surface area contributed by atoms with Gasteiger partial charge in [-0.25, -0.2) is 0 Å². The van der Waals surface area contributed by atoms with Crippen LogP contribution in [0.25, 0.3) is 0 Å². The summed E-state index contributed by atoms with van der Waals surface area (Å²) in [5, 5.41) is 13.9. The highest BCUT2D eigenvalue weighted by molar-refractivity contribution is 5.55. The lowest BCUT2D eigenvalue weighted by atomic mass is 9.77. The minimum atomic E-state index is -0.333. The van der Waals surface area contributed by atoms with Crippen LogP contribution in [0.1, 0.15) is 69.8 Å². The van der Waals surface area contributed by atoms with Crippen LogP contribution in [0.3, 0.4) is 0 Å². The number of hydrogen-bond acceptors (Lipinski definition) is 3. The van der Waals surface area contributed by atoms with Crippen molar-refractivity contribution in [2.24, 2.45) is 0 Å². The summed E-state index contributed by atoms with van der Waals surface area (Å²) in [7, 11) is 1.62. The minimum Gasteiger partial charge on any atom is -0.507 e. The van der Waals surface area contributed by atoms with Crippen molar-refractivity contribution in [3.05, 3.63) is 58.7 Å². The van der Waals surface area contributed by atoms with Gasteiger partial charge < -0.3 is 15.2 Å². The van der Waals surface area contributed by atoms with Gasteiger partial charge in [0.1, 0.15) is 11.5 Å². The number of phenols is 1. The number of benzene rings is 2. The van der Waals surface area contributed by atoms with Gasteiger partial charge in [-0.2, -0.15) is 0 Å². The summed E-state index contributed by atoms with van der Waals surface area (Å²) in [4.78, 5) is 11.4. The number of nitrogens with one attached hydrogen (secondary N) is 1. The molecule has 2 aromatic rings. The van der Waals surface area contributed by atoms with Crippen molar-refractivity contribution in [2.75, 3.05) is 7.11 Å². The summed E-state index contributed by atoms with van der Waals surface area (Å²) in [5.74, 6) is 1.06. The highest BCUT2D eigenvalue weighted by Crippen LogP contribution is 2.41. The van der Waals surface area contributed by atoms with Gasteiger partial charge in [-0.15, -0.1) is 0 Å². The Morgan fingerprint density at radius 1 is 0.963 bits per heavy atom. The van der Waals surface area contributed by atoms with Crippen LogP contribution in [0, 0.1) is 0 Å². The molecule has 1 atom stereocenters. The average molecular weight is 370 g/mol. The topological polar surface area (TPSA) is 58.6 Å². The summed E-state index contributed by atoms with van der Waals surface area (Å²) in [6.07, 6.45) is 0.713. The van der Waals surface area contributed by atoms with Crippen LogP contribution in [0.2, 0.25) is 0 Å². The molecule has 2 rings (SSSR count). The van der Waals surface area contributed by atoms with E-state index in [9.17, 15) is 9.90 Å². The Morgan fingerprint density at radius 3 is 1.96 bits per heavy atom. The molecule has 0 aliphatic carbocycles. The molecule has 1 amide bonds. The SMILES string of the molecule is COc1cccc(C(NC=O)c2cc(C(C)(C)C)c(O)c(C(C)(C)C)c2)c1. The molecule has 0 fully saturated rings. The quantitative estimate of drug-likeness (QED) is 0.742. The highest BCUT2D eigenvalue weighted by Gasteiger charge is 2.28. The van der Waals surface area contributed by atoms with Crippen molar-refractivity contribution < 1.29 is 14.6 Å². The first-order valence-electron chi connectivity index (χ1n) is 9.20. The van der Waals surface area contributed by atoms with Crippen molar-refractivity contribution >= 4 is 6.41 Å². The van der Waals surface area contributed by atoms with Gasteiger partial charge in [-0.05, 0) is 57.3 Å². The van der Waals surface area contributed by atoms with Crippen LogP contribution in [-0.4, -0.2) is 18.6 Å². The van der Waals surface area contributed by atoms with E-state index >= 15 is 0 Å². The second kappa shape index (κ2) is 7.63. The van der Waals surface area contributed by atoms with E-state index in [2.05, 4.69) is 46.9 Å². The Balaban J connectivity index is 2.73. The van der Waals surface area contributed by atoms with E-state index in [-0.39, 0.29) is 16.9 Å². The lowest BCUT2D eigenvalue weighted by molar-refractivity contribution is -0.110. The number of carbonyl (C=O) groups excluding carboxylic acids is 1. The third kappa shape index (κ3) is 4.62. The Labute approximate surface area is 162 Å². The second-order valence-corrected chi connectivity index (χ2v) is 8.96. The van der Waals surface area contributed by atoms with E-state index < -0.39 is 0 Å². The predicted octanol–water partition coefficient (Wildman–Crippen LogP) is 4.83. The zero-order chi connectivity index (χ0) is 20.4. The molecule has 146 valence electrons. The summed E-state index contributed by atoms with van der Waals surface area (Å²) in [6, 6.07) is 11.3. The molecule has 0 bridgehead atoms. The van der Waals surface area contributed by atoms with Crippen molar-refractivity contribution in [2.45, 2.75) is 58.4 Å². The van der Waals surface area contributed by atoms with E-state index in [1.807, 2.05) is 36.4 Å². The largest absolute Gasteiger partial charge is 0.507 e. The first kappa shape index (κ1) is 20.8. The standard InChI is InChI=1S/C23H31NO3/c1-22(2,3)18-12-16(13-19(21(18)26)23(4,5)6)20(24-14-25)15-9-8-10-17(11-15)27-7/h8-14,20,26H,1-7H3,(H,24,25). The molecular weight excluding hydrogens is 338 g/mol. The zero-order valence-electron chi connectivity index (χ0n) is 17.4. The summed E-state index contributed by atoms with van der Waals surface area (Å²) in [6.45, 7) is 12.5. The molecule has 2 aromatic carbocycles. The van der Waals surface area contributed by atoms with E-state index in [4.69, 9.17) is 4.74 Å². The molecule has 0 aliphatic rings. The normalized spacial score (nSPS) is 13.1. The fraction of sp³-hybridized carbons (Fsp3) is 0.435. The number of hydrogen-bond donors (Lipinski definition) is 2. The predicted molar refractivity (Wildman–Crippen MR) is 110 cm³/mol. The molecule has 27 heavy (non-hydrogen) atoms. The number of ether oxygens (including phenoxy) is 1. The van der Waals surface area contributed by atoms with Gasteiger partial charge in [0.15, 0.2) is 0 Å². The number of amides is 1. The Bertz CT molecular complexity index is 778. The number of aromatic hydroxyl groups is 1. The fourth-order valence-corrected chi connectivity index (χ4v) is 3.24. The second-order valence-electron chi connectivity index (χ2n) is 8.96. The molecule has 0 aromatic heterocycles. The Morgan fingerprint density at radius 2 is 1.52 bits per heavy atom. The number of carbonyl (C=O) groups is 1. The number of rotatable bonds is 5. The van der Waals surface area contributed by atoms with Crippen LogP contribution < -0.4 is 10.1 Å². The highest BCUT2D eigenvalue weighted by atomic mass is 16.5. The van der Waals surface area contributed by atoms with Crippen molar-refractivity contribution in [1.82, 2.24) is 5.32 Å². The molecule has 0 aliphatic heterocycles. The van der Waals surface area contributed by atoms with E-state index in [0.717, 1.165) is 28.0 Å². The monoisotopic (exact) mass is 369 g/mol. The lowest BCUT2D eigenvalue weighted by Crippen LogP contribution is -2.24. The molecule has 0 spiro atoms. The third-order valence-corrected chi connectivity index (χ3v) is 4.74. The van der Waals surface area contributed by atoms with Gasteiger partial charge >= 0.3 is 0 Å². The van der Waals surface area contributed by atoms with Crippen LogP contribution in [-0.2, 0) is 15.6 Å². The van der Waals surface area contributed by atoms with Crippen LogP contribution >= 0.6 is 0 Å². The fourth-order valence-electron chi connectivity index (χ4n) is 3.24. The third-order valence-electron chi connectivity index (χ3n) is 4.74. The molecule has 0 heterocycles. The summed E-state index contributed by atoms with van der Waals surface area (Å²) >= 11 is 0. The smallest absolute Gasteiger partial charge is 0.207 e. The molecule has 4 nitrogen and oxygen atoms in total. The van der Waals surface area contributed by atoms with Gasteiger partial charge in [0.2, 0.25) is 6.41 Å². The van der Waals surface area contributed by atoms with Gasteiger partial charge in [0.25, 0.3) is 0 Å². The molecule has 1 unspecified atom stereocenters. The first-order chi connectivity index (χ1) is 12.5. The van der Waals surface area contributed by atoms with Crippen molar-refractivity contribution in [3.8, 4) is 11.5 Å². The maximum atomic E-state index is 11.4. The maximum Gasteiger partial charge on any atom is 0.207 e. The Hall–Kier alpha value is -2.49. The Kier molecular flexibility index (Phi) is 5.88. The van der Waals surface area contributed by atoms with Crippen LogP contribution in [0.15, 0.2) is 36.4 Å². The summed E-state index contributed by atoms with van der Waals surface area (Å²) in [5.41, 5.74) is 3.12. The maximum absolute atomic E-state index is 11.4. The average Bonchev–Trinajstić information content (AvgIpc) is 2.58. The van der Waals surface area contributed by atoms with Crippen LogP contribution in [0.4, 0.5) is 0 Å². The molecule has 0 radical (unpaired) electrons. The molecule has 4 heteroatoms. The van der Waals surface area contributed by atoms with Crippen molar-refractivity contribution in [3.63, 3.8) is 0 Å². The lowest BCUT2D eigenvalue weighted by Gasteiger charge is -2.30. The first-order valence-corrected chi connectivity index (χ1v) is 9.20. The molecule has 0 saturated heterocycles. The molecule has 2 N–H and O–H groups in total. The van der Waals surface area contributed by atoms with Gasteiger partial charge in [0, 0.05) is 0 Å². The van der Waals surface area contributed by atoms with Crippen LogP contribution in [0.5, 0.6) is 11.5 Å². The van der Waals surface area contributed by atoms with E-state index in [0.29, 0.717) is 12.2 Å². The van der Waals surface area contributed by atoms with Gasteiger partial charge in [0.05, 0.1) is 13.2 Å². The number of phenolic OH excluding ortho intramolecular Hbond substituents is 1. The minimum absolute atomic E-state index is 0.236. The van der Waals surface area contributed by atoms with Gasteiger partial charge in [-0.1, -0.05) is 53.7 Å². The molecule has 0 saturated carbocycles. The van der Waals surface area contributed by atoms with Crippen molar-refractivity contribution in [1.29, 1.82) is 0 Å². The van der Waals surface area contributed by atoms with E-state index in [1.165, 1.54) is 0 Å².